The van der Waals surface area contributed by atoms with Gasteiger partial charge in [-0.25, -0.2) is 4.79 Å². The Kier molecular flexibility index (Phi) is 5.63. The van der Waals surface area contributed by atoms with E-state index in [9.17, 15) is 4.79 Å². The third-order valence-corrected chi connectivity index (χ3v) is 5.09. The third kappa shape index (κ3) is 4.26. The molecule has 0 aliphatic heterocycles. The molecule has 0 N–H and O–H groups in total. The molecule has 0 saturated carbocycles. The molecule has 1 aromatic heterocycles. The van der Waals surface area contributed by atoms with Crippen molar-refractivity contribution in [3.8, 4) is 6.07 Å². The number of esters is 1. The molecule has 0 unspecified atom stereocenters. The maximum atomic E-state index is 12.5. The number of nitrogens with zero attached hydrogens (tertiary/aromatic N) is 2. The summed E-state index contributed by atoms with van der Waals surface area (Å²) in [6, 6.07) is 24.3. The first-order valence-corrected chi connectivity index (χ1v) is 9.99. The number of hydrogen-bond acceptors (Lipinski definition) is 3. The molecule has 0 fully saturated rings. The fraction of sp³-hybridized carbons (Fsp3) is 0.154. The molecule has 30 heavy (non-hydrogen) atoms. The number of nitriles is 1. The second kappa shape index (κ2) is 8.67. The van der Waals surface area contributed by atoms with E-state index in [-0.39, 0.29) is 5.97 Å². The molecule has 4 nitrogen and oxygen atoms in total. The van der Waals surface area contributed by atoms with Crippen LogP contribution in [0.5, 0.6) is 0 Å². The van der Waals surface area contributed by atoms with Crippen molar-refractivity contribution in [3.63, 3.8) is 0 Å². The molecular weight excluding hydrogens is 372 g/mol. The Hall–Kier alpha value is -3.84. The summed E-state index contributed by atoms with van der Waals surface area (Å²) in [5.74, 6) is -0.318. The minimum atomic E-state index is -0.318. The summed E-state index contributed by atoms with van der Waals surface area (Å²) in [5, 5.41) is 11.6. The molecule has 4 heteroatoms. The van der Waals surface area contributed by atoms with E-state index in [2.05, 4.69) is 36.4 Å². The second-order valence-electron chi connectivity index (χ2n) is 7.26. The third-order valence-electron chi connectivity index (χ3n) is 5.09. The monoisotopic (exact) mass is 394 g/mol. The Morgan fingerprint density at radius 2 is 1.80 bits per heavy atom. The molecule has 4 aromatic rings. The van der Waals surface area contributed by atoms with E-state index in [0.29, 0.717) is 30.7 Å². The number of carbonyl (C=O) groups excluding carboxylic acids is 1. The number of carbonyl (C=O) groups is 1. The lowest BCUT2D eigenvalue weighted by atomic mass is 10.0. The van der Waals surface area contributed by atoms with Crippen LogP contribution in [0, 0.1) is 11.3 Å². The quantitative estimate of drug-likeness (QED) is 0.415. The molecule has 0 aliphatic carbocycles. The number of aromatic nitrogens is 1. The average Bonchev–Trinajstić information content (AvgIpc) is 3.16. The van der Waals surface area contributed by atoms with Gasteiger partial charge in [-0.1, -0.05) is 48.5 Å². The van der Waals surface area contributed by atoms with Crippen molar-refractivity contribution in [2.24, 2.45) is 0 Å². The molecule has 0 radical (unpaired) electrons. The van der Waals surface area contributed by atoms with Crippen LogP contribution >= 0.6 is 0 Å². The summed E-state index contributed by atoms with van der Waals surface area (Å²) in [6.45, 7) is 2.80. The Morgan fingerprint density at radius 1 is 0.967 bits per heavy atom. The molecule has 0 spiro atoms. The van der Waals surface area contributed by atoms with Crippen LogP contribution in [-0.2, 0) is 17.7 Å². The Morgan fingerprint density at radius 3 is 2.60 bits per heavy atom. The first kappa shape index (κ1) is 19.5. The summed E-state index contributed by atoms with van der Waals surface area (Å²) < 4.78 is 7.30. The van der Waals surface area contributed by atoms with Gasteiger partial charge >= 0.3 is 5.97 Å². The Labute approximate surface area is 176 Å². The van der Waals surface area contributed by atoms with Crippen LogP contribution in [0.4, 0.5) is 0 Å². The van der Waals surface area contributed by atoms with Gasteiger partial charge in [0.1, 0.15) is 0 Å². The summed E-state index contributed by atoms with van der Waals surface area (Å²) in [4.78, 5) is 12.5. The van der Waals surface area contributed by atoms with E-state index < -0.39 is 0 Å². The highest BCUT2D eigenvalue weighted by atomic mass is 16.5. The molecule has 0 aliphatic rings. The van der Waals surface area contributed by atoms with E-state index in [4.69, 9.17) is 10.00 Å². The van der Waals surface area contributed by atoms with E-state index in [0.717, 1.165) is 16.7 Å². The lowest BCUT2D eigenvalue weighted by Crippen LogP contribution is -2.06. The molecule has 148 valence electrons. The number of rotatable bonds is 6. The average molecular weight is 394 g/mol. The highest BCUT2D eigenvalue weighted by Crippen LogP contribution is 2.21. The van der Waals surface area contributed by atoms with Crippen LogP contribution in [0.3, 0.4) is 0 Å². The highest BCUT2D eigenvalue weighted by Gasteiger charge is 2.16. The van der Waals surface area contributed by atoms with Crippen molar-refractivity contribution in [3.05, 3.63) is 107 Å². The molecule has 4 rings (SSSR count). The molecule has 0 bridgehead atoms. The highest BCUT2D eigenvalue weighted by molar-refractivity contribution is 5.91. The van der Waals surface area contributed by atoms with Gasteiger partial charge in [-0.2, -0.15) is 5.26 Å². The van der Waals surface area contributed by atoms with Crippen LogP contribution in [0.15, 0.2) is 79.1 Å². The summed E-state index contributed by atoms with van der Waals surface area (Å²) in [6.07, 6.45) is 4.42. The van der Waals surface area contributed by atoms with Crippen molar-refractivity contribution < 1.29 is 9.53 Å². The van der Waals surface area contributed by atoms with Crippen LogP contribution < -0.4 is 0 Å². The molecule has 1 heterocycles. The standard InChI is InChI=1S/C26H22N2O2/c1-2-30-26(29)25-18-28(16-21-10-11-22-8-3-4-9-23(22)14-21)17-24(25)13-19-6-5-7-20(12-19)15-27/h3-12,14,17-18H,2,13,16H2,1H3. The molecule has 0 amide bonds. The maximum Gasteiger partial charge on any atom is 0.339 e. The lowest BCUT2D eigenvalue weighted by Gasteiger charge is -2.05. The van der Waals surface area contributed by atoms with Crippen LogP contribution in [0.2, 0.25) is 0 Å². The van der Waals surface area contributed by atoms with Gasteiger partial charge in [0.05, 0.1) is 23.8 Å². The summed E-state index contributed by atoms with van der Waals surface area (Å²) in [5.41, 5.74) is 4.23. The van der Waals surface area contributed by atoms with Crippen molar-refractivity contribution in [1.82, 2.24) is 4.57 Å². The number of benzene rings is 3. The zero-order valence-electron chi connectivity index (χ0n) is 16.8. The SMILES string of the molecule is CCOC(=O)c1cn(Cc2ccc3ccccc3c2)cc1Cc1cccc(C#N)c1. The first-order valence-electron chi connectivity index (χ1n) is 9.99. The van der Waals surface area contributed by atoms with Crippen molar-refractivity contribution in [1.29, 1.82) is 5.26 Å². The van der Waals surface area contributed by atoms with Crippen LogP contribution in [0.1, 0.15) is 39.5 Å². The van der Waals surface area contributed by atoms with E-state index in [1.807, 2.05) is 47.3 Å². The fourth-order valence-corrected chi connectivity index (χ4v) is 3.70. The number of ether oxygens (including phenoxy) is 1. The van der Waals surface area contributed by atoms with Crippen molar-refractivity contribution in [2.45, 2.75) is 19.9 Å². The number of fused-ring (bicyclic) bond motifs is 1. The molecule has 0 atom stereocenters. The van der Waals surface area contributed by atoms with Gasteiger partial charge in [-0.3, -0.25) is 0 Å². The van der Waals surface area contributed by atoms with Gasteiger partial charge in [-0.15, -0.1) is 0 Å². The van der Waals surface area contributed by atoms with E-state index in [1.54, 1.807) is 13.0 Å². The molecular formula is C26H22N2O2. The normalized spacial score (nSPS) is 10.7. The van der Waals surface area contributed by atoms with Crippen LogP contribution in [0.25, 0.3) is 10.8 Å². The van der Waals surface area contributed by atoms with Gasteiger partial charge in [0.15, 0.2) is 0 Å². The largest absolute Gasteiger partial charge is 0.462 e. The maximum absolute atomic E-state index is 12.5. The lowest BCUT2D eigenvalue weighted by molar-refractivity contribution is 0.0525. The number of hydrogen-bond donors (Lipinski definition) is 0. The van der Waals surface area contributed by atoms with Gasteiger partial charge in [-0.05, 0) is 59.0 Å². The minimum Gasteiger partial charge on any atom is -0.462 e. The Bertz CT molecular complexity index is 1250. The fourth-order valence-electron chi connectivity index (χ4n) is 3.70. The van der Waals surface area contributed by atoms with Gasteiger partial charge in [0.25, 0.3) is 0 Å². The zero-order valence-corrected chi connectivity index (χ0v) is 16.8. The van der Waals surface area contributed by atoms with E-state index in [1.165, 1.54) is 10.8 Å². The summed E-state index contributed by atoms with van der Waals surface area (Å²) in [7, 11) is 0. The smallest absolute Gasteiger partial charge is 0.339 e. The van der Waals surface area contributed by atoms with Gasteiger partial charge < -0.3 is 9.30 Å². The minimum absolute atomic E-state index is 0.318. The Balaban J connectivity index is 1.65. The van der Waals surface area contributed by atoms with Crippen molar-refractivity contribution >= 4 is 16.7 Å². The van der Waals surface area contributed by atoms with Gasteiger partial charge in [0.2, 0.25) is 0 Å². The predicted octanol–water partition coefficient (Wildman–Crippen LogP) is 5.33. The summed E-state index contributed by atoms with van der Waals surface area (Å²) >= 11 is 0. The van der Waals surface area contributed by atoms with Crippen molar-refractivity contribution in [2.75, 3.05) is 6.61 Å². The first-order chi connectivity index (χ1) is 14.7. The molecule has 3 aromatic carbocycles. The second-order valence-corrected chi connectivity index (χ2v) is 7.26. The predicted molar refractivity (Wildman–Crippen MR) is 117 cm³/mol. The van der Waals surface area contributed by atoms with Crippen LogP contribution in [-0.4, -0.2) is 17.1 Å². The topological polar surface area (TPSA) is 55.0 Å². The zero-order chi connectivity index (χ0) is 20.9. The molecule has 0 saturated heterocycles. The van der Waals surface area contributed by atoms with E-state index >= 15 is 0 Å². The van der Waals surface area contributed by atoms with Gasteiger partial charge in [0, 0.05) is 18.9 Å².